The Kier molecular flexibility index (Phi) is 5.23. The molecule has 2 aliphatic rings. The average molecular weight is 306 g/mol. The number of hydrogen-bond acceptors (Lipinski definition) is 5. The highest BCUT2D eigenvalue weighted by Gasteiger charge is 2.27. The van der Waals surface area contributed by atoms with Crippen LogP contribution in [0.5, 0.6) is 0 Å². The summed E-state index contributed by atoms with van der Waals surface area (Å²) in [6.07, 6.45) is 3.26. The van der Waals surface area contributed by atoms with Crippen molar-refractivity contribution in [2.24, 2.45) is 0 Å². The van der Waals surface area contributed by atoms with Crippen LogP contribution in [0.1, 0.15) is 31.3 Å². The summed E-state index contributed by atoms with van der Waals surface area (Å²) >= 11 is 0. The van der Waals surface area contributed by atoms with Crippen LogP contribution in [-0.4, -0.2) is 65.2 Å². The zero-order valence-corrected chi connectivity index (χ0v) is 13.4. The zero-order chi connectivity index (χ0) is 15.4. The van der Waals surface area contributed by atoms with E-state index in [0.29, 0.717) is 6.04 Å². The zero-order valence-electron chi connectivity index (χ0n) is 13.4. The molecule has 1 aromatic heterocycles. The van der Waals surface area contributed by atoms with Crippen LogP contribution < -0.4 is 5.56 Å². The molecular weight excluding hydrogens is 280 g/mol. The molecule has 0 spiro atoms. The Morgan fingerprint density at radius 3 is 2.95 bits per heavy atom. The van der Waals surface area contributed by atoms with E-state index in [1.54, 1.807) is 6.07 Å². The van der Waals surface area contributed by atoms with E-state index < -0.39 is 0 Å². The molecule has 1 atom stereocenters. The molecule has 122 valence electrons. The molecule has 0 saturated carbocycles. The molecule has 6 heteroatoms. The number of aryl methyl sites for hydroxylation is 1. The maximum atomic E-state index is 11.7. The molecule has 0 unspecified atom stereocenters. The van der Waals surface area contributed by atoms with E-state index >= 15 is 0 Å². The standard InChI is InChI=1S/C16H26N4O2/c1-2-13-10-16(21)18-15(17-13)12-20-5-3-4-14(20)11-19-6-8-22-9-7-19/h10,14H,2-9,11-12H2,1H3,(H,17,18,21)/t14-/m1/s1. The van der Waals surface area contributed by atoms with Gasteiger partial charge in [-0.15, -0.1) is 0 Å². The van der Waals surface area contributed by atoms with Crippen LogP contribution in [0.15, 0.2) is 10.9 Å². The molecule has 0 bridgehead atoms. The second-order valence-corrected chi connectivity index (χ2v) is 6.22. The van der Waals surface area contributed by atoms with Crippen LogP contribution in [0.4, 0.5) is 0 Å². The van der Waals surface area contributed by atoms with Crippen molar-refractivity contribution >= 4 is 0 Å². The van der Waals surface area contributed by atoms with Crippen molar-refractivity contribution in [3.63, 3.8) is 0 Å². The second-order valence-electron chi connectivity index (χ2n) is 6.22. The number of likely N-dealkylation sites (tertiary alicyclic amines) is 1. The Morgan fingerprint density at radius 1 is 1.36 bits per heavy atom. The van der Waals surface area contributed by atoms with E-state index in [1.807, 2.05) is 6.92 Å². The first-order valence-corrected chi connectivity index (χ1v) is 8.38. The SMILES string of the molecule is CCc1cc(=O)[nH]c(CN2CCC[C@@H]2CN2CCOCC2)n1. The Morgan fingerprint density at radius 2 is 2.18 bits per heavy atom. The summed E-state index contributed by atoms with van der Waals surface area (Å²) in [6.45, 7) is 8.73. The van der Waals surface area contributed by atoms with Crippen LogP contribution in [-0.2, 0) is 17.7 Å². The van der Waals surface area contributed by atoms with Gasteiger partial charge in [-0.2, -0.15) is 0 Å². The van der Waals surface area contributed by atoms with Gasteiger partial charge in [0.1, 0.15) is 5.82 Å². The van der Waals surface area contributed by atoms with Gasteiger partial charge in [-0.3, -0.25) is 14.6 Å². The fraction of sp³-hybridized carbons (Fsp3) is 0.750. The lowest BCUT2D eigenvalue weighted by molar-refractivity contribution is 0.0260. The number of aromatic amines is 1. The predicted molar refractivity (Wildman–Crippen MR) is 84.9 cm³/mol. The quantitative estimate of drug-likeness (QED) is 0.864. The van der Waals surface area contributed by atoms with E-state index in [2.05, 4.69) is 19.8 Å². The third kappa shape index (κ3) is 3.94. The van der Waals surface area contributed by atoms with Crippen molar-refractivity contribution in [1.82, 2.24) is 19.8 Å². The third-order valence-corrected chi connectivity index (χ3v) is 4.63. The van der Waals surface area contributed by atoms with Gasteiger partial charge in [-0.1, -0.05) is 6.92 Å². The molecular formula is C16H26N4O2. The van der Waals surface area contributed by atoms with Gasteiger partial charge in [0.25, 0.3) is 5.56 Å². The number of H-pyrrole nitrogens is 1. The van der Waals surface area contributed by atoms with Gasteiger partial charge >= 0.3 is 0 Å². The van der Waals surface area contributed by atoms with E-state index in [4.69, 9.17) is 4.74 Å². The Bertz CT molecular complexity index is 539. The third-order valence-electron chi connectivity index (χ3n) is 4.63. The van der Waals surface area contributed by atoms with Crippen molar-refractivity contribution < 1.29 is 4.74 Å². The van der Waals surface area contributed by atoms with E-state index in [-0.39, 0.29) is 5.56 Å². The number of rotatable bonds is 5. The molecule has 0 amide bonds. The summed E-state index contributed by atoms with van der Waals surface area (Å²) in [7, 11) is 0. The van der Waals surface area contributed by atoms with E-state index in [9.17, 15) is 4.79 Å². The first-order chi connectivity index (χ1) is 10.7. The highest BCUT2D eigenvalue weighted by Crippen LogP contribution is 2.20. The molecule has 0 aromatic carbocycles. The second kappa shape index (κ2) is 7.35. The van der Waals surface area contributed by atoms with Crippen molar-refractivity contribution in [3.8, 4) is 0 Å². The topological polar surface area (TPSA) is 61.5 Å². The minimum absolute atomic E-state index is 0.0363. The summed E-state index contributed by atoms with van der Waals surface area (Å²) in [5.41, 5.74) is 0.841. The largest absolute Gasteiger partial charge is 0.379 e. The molecule has 2 aliphatic heterocycles. The number of nitrogens with one attached hydrogen (secondary N) is 1. The highest BCUT2D eigenvalue weighted by molar-refractivity contribution is 5.03. The van der Waals surface area contributed by atoms with Gasteiger partial charge in [-0.05, 0) is 25.8 Å². The summed E-state index contributed by atoms with van der Waals surface area (Å²) in [4.78, 5) is 24.1. The molecule has 22 heavy (non-hydrogen) atoms. The first-order valence-electron chi connectivity index (χ1n) is 8.38. The van der Waals surface area contributed by atoms with Crippen molar-refractivity contribution in [3.05, 3.63) is 27.9 Å². The van der Waals surface area contributed by atoms with Gasteiger partial charge in [0.05, 0.1) is 19.8 Å². The van der Waals surface area contributed by atoms with Crippen LogP contribution in [0.25, 0.3) is 0 Å². The minimum atomic E-state index is -0.0363. The van der Waals surface area contributed by atoms with Crippen LogP contribution in [0.3, 0.4) is 0 Å². The lowest BCUT2D eigenvalue weighted by atomic mass is 10.2. The fourth-order valence-electron chi connectivity index (χ4n) is 3.40. The molecule has 0 aliphatic carbocycles. The van der Waals surface area contributed by atoms with Gasteiger partial charge < -0.3 is 9.72 Å². The Hall–Kier alpha value is -1.24. The summed E-state index contributed by atoms with van der Waals surface area (Å²) in [5, 5.41) is 0. The van der Waals surface area contributed by atoms with Crippen molar-refractivity contribution in [2.75, 3.05) is 39.4 Å². The maximum Gasteiger partial charge on any atom is 0.251 e. The molecule has 1 aromatic rings. The van der Waals surface area contributed by atoms with Crippen LogP contribution in [0.2, 0.25) is 0 Å². The summed E-state index contributed by atoms with van der Waals surface area (Å²) < 4.78 is 5.42. The molecule has 6 nitrogen and oxygen atoms in total. The van der Waals surface area contributed by atoms with Gasteiger partial charge in [-0.25, -0.2) is 4.98 Å². The monoisotopic (exact) mass is 306 g/mol. The minimum Gasteiger partial charge on any atom is -0.379 e. The molecule has 1 N–H and O–H groups in total. The van der Waals surface area contributed by atoms with Gasteiger partial charge in [0, 0.05) is 37.4 Å². The van der Waals surface area contributed by atoms with Gasteiger partial charge in [0.2, 0.25) is 0 Å². The number of morpholine rings is 1. The number of nitrogens with zero attached hydrogens (tertiary/aromatic N) is 3. The maximum absolute atomic E-state index is 11.7. The Balaban J connectivity index is 1.63. The van der Waals surface area contributed by atoms with E-state index in [0.717, 1.165) is 63.9 Å². The predicted octanol–water partition coefficient (Wildman–Crippen LogP) is 0.629. The number of aromatic nitrogens is 2. The summed E-state index contributed by atoms with van der Waals surface area (Å²) in [5.74, 6) is 0.804. The first kappa shape index (κ1) is 15.6. The van der Waals surface area contributed by atoms with Crippen LogP contribution >= 0.6 is 0 Å². The molecule has 0 radical (unpaired) electrons. The van der Waals surface area contributed by atoms with Crippen molar-refractivity contribution in [2.45, 2.75) is 38.8 Å². The van der Waals surface area contributed by atoms with Gasteiger partial charge in [0.15, 0.2) is 0 Å². The highest BCUT2D eigenvalue weighted by atomic mass is 16.5. The Labute approximate surface area is 131 Å². The number of hydrogen-bond donors (Lipinski definition) is 1. The lowest BCUT2D eigenvalue weighted by Gasteiger charge is -2.32. The smallest absolute Gasteiger partial charge is 0.251 e. The molecule has 2 saturated heterocycles. The van der Waals surface area contributed by atoms with Crippen LogP contribution in [0, 0.1) is 0 Å². The number of ether oxygens (including phenoxy) is 1. The summed E-state index contributed by atoms with van der Waals surface area (Å²) in [6, 6.07) is 2.16. The lowest BCUT2D eigenvalue weighted by Crippen LogP contribution is -2.45. The normalized spacial score (nSPS) is 24.0. The molecule has 2 fully saturated rings. The van der Waals surface area contributed by atoms with E-state index in [1.165, 1.54) is 12.8 Å². The average Bonchev–Trinajstić information content (AvgIpc) is 2.94. The molecule has 3 heterocycles. The fourth-order valence-corrected chi connectivity index (χ4v) is 3.40. The van der Waals surface area contributed by atoms with Crippen molar-refractivity contribution in [1.29, 1.82) is 0 Å². The molecule has 3 rings (SSSR count).